The van der Waals surface area contributed by atoms with Crippen LogP contribution in [0.2, 0.25) is 0 Å². The molecule has 14 heavy (non-hydrogen) atoms. The first-order chi connectivity index (χ1) is 6.88. The lowest BCUT2D eigenvalue weighted by Gasteiger charge is -2.07. The number of hydrogen-bond donors (Lipinski definition) is 1. The van der Waals surface area contributed by atoms with Crippen molar-refractivity contribution in [3.05, 3.63) is 30.3 Å². The van der Waals surface area contributed by atoms with Gasteiger partial charge in [-0.15, -0.1) is 0 Å². The molecule has 0 unspecified atom stereocenters. The van der Waals surface area contributed by atoms with Crippen LogP contribution in [0.5, 0.6) is 0 Å². The second kappa shape index (κ2) is 5.41. The van der Waals surface area contributed by atoms with E-state index >= 15 is 0 Å². The summed E-state index contributed by atoms with van der Waals surface area (Å²) in [7, 11) is 0. The summed E-state index contributed by atoms with van der Waals surface area (Å²) in [5, 5.41) is 7.69. The summed E-state index contributed by atoms with van der Waals surface area (Å²) in [6.45, 7) is 0. The highest BCUT2D eigenvalue weighted by Crippen LogP contribution is 2.10. The minimum atomic E-state index is 0.359. The molecule has 0 atom stereocenters. The first-order valence-electron chi connectivity index (χ1n) is 3.78. The smallest absolute Gasteiger partial charge is 0.236 e. The van der Waals surface area contributed by atoms with Crippen LogP contribution in [0.4, 0.5) is 5.69 Å². The van der Waals surface area contributed by atoms with Crippen LogP contribution in [0.1, 0.15) is 0 Å². The van der Waals surface area contributed by atoms with Crippen LogP contribution in [-0.2, 0) is 9.59 Å². The number of anilines is 1. The highest BCUT2D eigenvalue weighted by molar-refractivity contribution is 5.73. The third kappa shape index (κ3) is 2.67. The van der Waals surface area contributed by atoms with Crippen molar-refractivity contribution < 1.29 is 9.59 Å². The Balaban J connectivity index is 2.72. The molecule has 2 amide bonds. The molecule has 1 aromatic carbocycles. The Morgan fingerprint density at radius 1 is 1.21 bits per heavy atom. The van der Waals surface area contributed by atoms with Gasteiger partial charge >= 0.3 is 0 Å². The minimum absolute atomic E-state index is 0.359. The van der Waals surface area contributed by atoms with Gasteiger partial charge in [-0.2, -0.15) is 5.01 Å². The number of nitrogens with zero attached hydrogens (tertiary/aromatic N) is 3. The second-order valence-electron chi connectivity index (χ2n) is 2.22. The third-order valence-electron chi connectivity index (χ3n) is 1.37. The minimum Gasteiger partial charge on any atom is -0.277 e. The molecule has 1 rings (SSSR count). The van der Waals surface area contributed by atoms with Crippen LogP contribution in [0, 0.1) is 0 Å². The lowest BCUT2D eigenvalue weighted by Crippen LogP contribution is -2.13. The van der Waals surface area contributed by atoms with Crippen LogP contribution in [0.25, 0.3) is 0 Å². The van der Waals surface area contributed by atoms with Gasteiger partial charge in [0, 0.05) is 0 Å². The number of carbonyl (C=O) groups is 2. The van der Waals surface area contributed by atoms with Crippen LogP contribution in [0.3, 0.4) is 0 Å². The van der Waals surface area contributed by atoms with Crippen molar-refractivity contribution in [2.24, 2.45) is 10.4 Å². The summed E-state index contributed by atoms with van der Waals surface area (Å²) in [5.74, 6) is 0. The molecule has 6 heteroatoms. The van der Waals surface area contributed by atoms with Crippen LogP contribution < -0.4 is 10.4 Å². The molecule has 1 aromatic rings. The summed E-state index contributed by atoms with van der Waals surface area (Å²) in [6.07, 6.45) is 0.850. The maximum atomic E-state index is 10.6. The second-order valence-corrected chi connectivity index (χ2v) is 2.22. The number of hydrogen-bond acceptors (Lipinski definition) is 4. The fraction of sp³-hybridized carbons (Fsp3) is 0. The summed E-state index contributed by atoms with van der Waals surface area (Å²) in [5.41, 5.74) is 2.53. The maximum absolute atomic E-state index is 10.6. The van der Waals surface area contributed by atoms with Crippen LogP contribution in [-0.4, -0.2) is 12.8 Å². The molecule has 72 valence electrons. The highest BCUT2D eigenvalue weighted by Gasteiger charge is 2.00. The van der Waals surface area contributed by atoms with Crippen molar-refractivity contribution >= 4 is 18.5 Å². The van der Waals surface area contributed by atoms with Gasteiger partial charge in [0.1, 0.15) is 0 Å². The lowest BCUT2D eigenvalue weighted by atomic mass is 10.3. The molecular formula is C8H8N4O2. The Labute approximate surface area is 80.2 Å². The van der Waals surface area contributed by atoms with Crippen molar-refractivity contribution in [3.63, 3.8) is 0 Å². The van der Waals surface area contributed by atoms with Gasteiger partial charge in [-0.25, -0.2) is 5.43 Å². The zero-order valence-electron chi connectivity index (χ0n) is 7.20. The molecule has 0 aliphatic rings. The van der Waals surface area contributed by atoms with Gasteiger partial charge in [0.05, 0.1) is 5.69 Å². The number of nitrogens with one attached hydrogen (secondary N) is 1. The lowest BCUT2D eigenvalue weighted by molar-refractivity contribution is -0.110. The number of rotatable bonds is 5. The SMILES string of the molecule is O=CNN=NN(C=O)c1ccccc1. The van der Waals surface area contributed by atoms with Crippen molar-refractivity contribution in [2.75, 3.05) is 5.01 Å². The van der Waals surface area contributed by atoms with Crippen molar-refractivity contribution in [3.8, 4) is 0 Å². The molecule has 0 saturated heterocycles. The van der Waals surface area contributed by atoms with Gasteiger partial charge in [-0.3, -0.25) is 9.59 Å². The fourth-order valence-corrected chi connectivity index (χ4v) is 0.812. The van der Waals surface area contributed by atoms with E-state index < -0.39 is 0 Å². The van der Waals surface area contributed by atoms with E-state index in [0.29, 0.717) is 18.5 Å². The number of carbonyl (C=O) groups excluding carboxylic acids is 2. The summed E-state index contributed by atoms with van der Waals surface area (Å²) >= 11 is 0. The fourth-order valence-electron chi connectivity index (χ4n) is 0.812. The Bertz CT molecular complexity index is 325. The van der Waals surface area contributed by atoms with E-state index in [4.69, 9.17) is 0 Å². The molecule has 0 aliphatic heterocycles. The molecule has 0 radical (unpaired) electrons. The summed E-state index contributed by atoms with van der Waals surface area (Å²) in [6, 6.07) is 8.71. The van der Waals surface area contributed by atoms with Gasteiger partial charge in [0.15, 0.2) is 0 Å². The van der Waals surface area contributed by atoms with E-state index in [0.717, 1.165) is 5.01 Å². The van der Waals surface area contributed by atoms with Gasteiger partial charge in [0.25, 0.3) is 0 Å². The van der Waals surface area contributed by atoms with Crippen molar-refractivity contribution in [2.45, 2.75) is 0 Å². The topological polar surface area (TPSA) is 74.1 Å². The Hall–Kier alpha value is -2.24. The molecule has 1 N–H and O–H groups in total. The van der Waals surface area contributed by atoms with Crippen LogP contribution in [0.15, 0.2) is 40.8 Å². The Morgan fingerprint density at radius 3 is 2.50 bits per heavy atom. The normalized spacial score (nSPS) is 9.71. The van der Waals surface area contributed by atoms with Gasteiger partial charge < -0.3 is 0 Å². The zero-order valence-corrected chi connectivity index (χ0v) is 7.20. The van der Waals surface area contributed by atoms with E-state index in [1.54, 1.807) is 24.3 Å². The van der Waals surface area contributed by atoms with E-state index in [-0.39, 0.29) is 0 Å². The first kappa shape index (κ1) is 9.85. The average Bonchev–Trinajstić information content (AvgIpc) is 2.26. The molecule has 0 aliphatic carbocycles. The van der Waals surface area contributed by atoms with Gasteiger partial charge in [0.2, 0.25) is 12.8 Å². The number of benzene rings is 1. The van der Waals surface area contributed by atoms with Gasteiger partial charge in [-0.05, 0) is 22.6 Å². The average molecular weight is 192 g/mol. The first-order valence-corrected chi connectivity index (χ1v) is 3.78. The molecule has 0 saturated carbocycles. The standard InChI is InChI=1S/C8H8N4O2/c13-6-9-10-11-12(7-14)8-4-2-1-3-5-8/h1-7H,(H,9,11,13). The Kier molecular flexibility index (Phi) is 3.81. The molecule has 6 nitrogen and oxygen atoms in total. The molecule has 0 fully saturated rings. The van der Waals surface area contributed by atoms with Crippen molar-refractivity contribution in [1.29, 1.82) is 0 Å². The maximum Gasteiger partial charge on any atom is 0.236 e. The largest absolute Gasteiger partial charge is 0.277 e. The third-order valence-corrected chi connectivity index (χ3v) is 1.37. The zero-order chi connectivity index (χ0) is 10.2. The Morgan fingerprint density at radius 2 is 1.93 bits per heavy atom. The molecule has 0 spiro atoms. The molecule has 0 heterocycles. The predicted octanol–water partition coefficient (Wildman–Crippen LogP) is 0.678. The van der Waals surface area contributed by atoms with Crippen LogP contribution >= 0.6 is 0 Å². The number of amides is 2. The monoisotopic (exact) mass is 192 g/mol. The van der Waals surface area contributed by atoms with E-state index in [9.17, 15) is 9.59 Å². The van der Waals surface area contributed by atoms with E-state index in [1.165, 1.54) is 0 Å². The van der Waals surface area contributed by atoms with Gasteiger partial charge in [-0.1, -0.05) is 18.2 Å². The number of para-hydroxylation sites is 1. The van der Waals surface area contributed by atoms with E-state index in [2.05, 4.69) is 10.4 Å². The van der Waals surface area contributed by atoms with E-state index in [1.807, 2.05) is 11.5 Å². The molecular weight excluding hydrogens is 184 g/mol. The highest BCUT2D eigenvalue weighted by atomic mass is 16.2. The quantitative estimate of drug-likeness (QED) is 0.423. The summed E-state index contributed by atoms with van der Waals surface area (Å²) in [4.78, 5) is 20.4. The van der Waals surface area contributed by atoms with Crippen molar-refractivity contribution in [1.82, 2.24) is 5.43 Å². The molecule has 0 aromatic heterocycles. The predicted molar refractivity (Wildman–Crippen MR) is 49.0 cm³/mol. The molecule has 0 bridgehead atoms. The summed E-state index contributed by atoms with van der Waals surface area (Å²) < 4.78 is 0.